The maximum atomic E-state index is 13.0. The van der Waals surface area contributed by atoms with Crippen molar-refractivity contribution in [2.45, 2.75) is 6.18 Å². The molecule has 2 aromatic carbocycles. The molecule has 0 bridgehead atoms. The molecule has 27 heavy (non-hydrogen) atoms. The van der Waals surface area contributed by atoms with Crippen molar-refractivity contribution >= 4 is 23.4 Å². The lowest BCUT2D eigenvalue weighted by molar-refractivity contribution is -0.137. The van der Waals surface area contributed by atoms with E-state index in [0.29, 0.717) is 0 Å². The quantitative estimate of drug-likeness (QED) is 0.647. The monoisotopic (exact) mass is 395 g/mol. The molecule has 0 radical (unpaired) electrons. The van der Waals surface area contributed by atoms with Gasteiger partial charge in [0.15, 0.2) is 0 Å². The zero-order valence-electron chi connectivity index (χ0n) is 13.9. The van der Waals surface area contributed by atoms with Gasteiger partial charge in [-0.15, -0.1) is 0 Å². The fraction of sp³-hybridized carbons (Fsp3) is 0.111. The van der Waals surface area contributed by atoms with Gasteiger partial charge in [0.25, 0.3) is 0 Å². The summed E-state index contributed by atoms with van der Waals surface area (Å²) in [5.74, 6) is 0.254. The molecule has 0 aliphatic heterocycles. The van der Waals surface area contributed by atoms with E-state index in [2.05, 4.69) is 10.2 Å². The topological polar surface area (TPSA) is 58.2 Å². The molecule has 0 fully saturated rings. The number of carbonyl (C=O) groups excluding carboxylic acids is 1. The van der Waals surface area contributed by atoms with Gasteiger partial charge in [-0.25, -0.2) is 4.79 Å². The van der Waals surface area contributed by atoms with E-state index in [4.69, 9.17) is 16.3 Å². The van der Waals surface area contributed by atoms with Gasteiger partial charge in [0, 0.05) is 24.5 Å². The van der Waals surface area contributed by atoms with Gasteiger partial charge >= 0.3 is 12.3 Å². The molecule has 0 unspecified atom stereocenters. The summed E-state index contributed by atoms with van der Waals surface area (Å²) in [5, 5.41) is 6.10. The number of nitrogens with one attached hydrogen (secondary N) is 1. The number of anilines is 1. The number of aromatic nitrogens is 2. The van der Waals surface area contributed by atoms with E-state index >= 15 is 0 Å². The zero-order chi connectivity index (χ0) is 19.6. The van der Waals surface area contributed by atoms with Crippen molar-refractivity contribution in [2.24, 2.45) is 0 Å². The predicted octanol–water partition coefficient (Wildman–Crippen LogP) is 5.38. The standard InChI is InChI=1S/C18H13ClF3N3O2/c1-25(13-4-7-16(19)15(8-13)18(20,21)22)17(26)27-14-5-2-11(3-6-14)12-9-23-24-10-12/h2-10H,1H3,(H,23,24). The molecule has 0 spiro atoms. The van der Waals surface area contributed by atoms with Crippen LogP contribution in [0.1, 0.15) is 5.56 Å². The minimum Gasteiger partial charge on any atom is -0.410 e. The molecule has 9 heteroatoms. The van der Waals surface area contributed by atoms with Crippen LogP contribution in [0.15, 0.2) is 54.9 Å². The number of alkyl halides is 3. The molecule has 0 saturated heterocycles. The second kappa shape index (κ2) is 7.32. The first-order chi connectivity index (χ1) is 12.8. The van der Waals surface area contributed by atoms with E-state index in [9.17, 15) is 18.0 Å². The molecule has 140 valence electrons. The van der Waals surface area contributed by atoms with Gasteiger partial charge in [0.1, 0.15) is 5.75 Å². The molecule has 1 aromatic heterocycles. The Morgan fingerprint density at radius 1 is 1.15 bits per heavy atom. The maximum absolute atomic E-state index is 13.0. The molecule has 0 atom stereocenters. The van der Waals surface area contributed by atoms with Gasteiger partial charge in [-0.05, 0) is 35.9 Å². The van der Waals surface area contributed by atoms with Gasteiger partial charge in [-0.2, -0.15) is 18.3 Å². The Kier molecular flexibility index (Phi) is 5.09. The summed E-state index contributed by atoms with van der Waals surface area (Å²) in [6, 6.07) is 9.82. The maximum Gasteiger partial charge on any atom is 0.419 e. The van der Waals surface area contributed by atoms with Crippen LogP contribution in [0.5, 0.6) is 5.75 Å². The van der Waals surface area contributed by atoms with E-state index in [1.54, 1.807) is 36.7 Å². The predicted molar refractivity (Wildman–Crippen MR) is 94.9 cm³/mol. The van der Waals surface area contributed by atoms with E-state index in [1.165, 1.54) is 13.1 Å². The number of halogens is 4. The second-order valence-electron chi connectivity index (χ2n) is 5.60. The Morgan fingerprint density at radius 3 is 2.44 bits per heavy atom. The van der Waals surface area contributed by atoms with Crippen molar-refractivity contribution in [2.75, 3.05) is 11.9 Å². The van der Waals surface area contributed by atoms with Gasteiger partial charge in [0.05, 0.1) is 16.8 Å². The number of aromatic amines is 1. The summed E-state index contributed by atoms with van der Waals surface area (Å²) in [6.07, 6.45) is -2.09. The highest BCUT2D eigenvalue weighted by molar-refractivity contribution is 6.31. The number of benzene rings is 2. The molecular formula is C18H13ClF3N3O2. The van der Waals surface area contributed by atoms with E-state index in [0.717, 1.165) is 28.2 Å². The Labute approximate surface area is 157 Å². The number of rotatable bonds is 3. The van der Waals surface area contributed by atoms with Crippen molar-refractivity contribution < 1.29 is 22.7 Å². The van der Waals surface area contributed by atoms with Crippen LogP contribution in [-0.2, 0) is 6.18 Å². The van der Waals surface area contributed by atoms with Gasteiger partial charge in [-0.3, -0.25) is 10.00 Å². The molecule has 1 amide bonds. The van der Waals surface area contributed by atoms with Gasteiger partial charge in [0.2, 0.25) is 0 Å². The number of carbonyl (C=O) groups is 1. The fourth-order valence-corrected chi connectivity index (χ4v) is 2.56. The van der Waals surface area contributed by atoms with Crippen LogP contribution in [0.4, 0.5) is 23.7 Å². The highest BCUT2D eigenvalue weighted by Gasteiger charge is 2.34. The van der Waals surface area contributed by atoms with Gasteiger partial charge in [-0.1, -0.05) is 23.7 Å². The van der Waals surface area contributed by atoms with Crippen molar-refractivity contribution in [1.29, 1.82) is 0 Å². The first-order valence-electron chi connectivity index (χ1n) is 7.67. The number of ether oxygens (including phenoxy) is 1. The van der Waals surface area contributed by atoms with E-state index in [-0.39, 0.29) is 11.4 Å². The molecule has 3 rings (SSSR count). The molecule has 5 nitrogen and oxygen atoms in total. The SMILES string of the molecule is CN(C(=O)Oc1ccc(-c2cn[nH]c2)cc1)c1ccc(Cl)c(C(F)(F)F)c1. The average molecular weight is 396 g/mol. The first kappa shape index (κ1) is 18.8. The van der Waals surface area contributed by atoms with Crippen molar-refractivity contribution in [3.8, 4) is 16.9 Å². The van der Waals surface area contributed by atoms with Crippen molar-refractivity contribution in [3.63, 3.8) is 0 Å². The lowest BCUT2D eigenvalue weighted by atomic mass is 10.1. The summed E-state index contributed by atoms with van der Waals surface area (Å²) in [4.78, 5) is 13.2. The minimum atomic E-state index is -4.62. The normalized spacial score (nSPS) is 11.3. The van der Waals surface area contributed by atoms with Crippen LogP contribution in [0.2, 0.25) is 5.02 Å². The number of amides is 1. The minimum absolute atomic E-state index is 0.00624. The smallest absolute Gasteiger partial charge is 0.410 e. The first-order valence-corrected chi connectivity index (χ1v) is 8.05. The third-order valence-corrected chi connectivity index (χ3v) is 4.14. The molecule has 1 N–H and O–H groups in total. The third-order valence-electron chi connectivity index (χ3n) is 3.81. The molecular weight excluding hydrogens is 383 g/mol. The van der Waals surface area contributed by atoms with Crippen LogP contribution in [0.3, 0.4) is 0 Å². The van der Waals surface area contributed by atoms with Crippen LogP contribution < -0.4 is 9.64 Å². The van der Waals surface area contributed by atoms with Crippen LogP contribution in [0, 0.1) is 0 Å². The highest BCUT2D eigenvalue weighted by Crippen LogP contribution is 2.37. The number of H-pyrrole nitrogens is 1. The van der Waals surface area contributed by atoms with Crippen LogP contribution in [0.25, 0.3) is 11.1 Å². The Morgan fingerprint density at radius 2 is 1.85 bits per heavy atom. The number of hydrogen-bond donors (Lipinski definition) is 1. The Hall–Kier alpha value is -3.00. The second-order valence-corrected chi connectivity index (χ2v) is 6.01. The molecule has 0 aliphatic rings. The summed E-state index contributed by atoms with van der Waals surface area (Å²) in [6.45, 7) is 0. The lowest BCUT2D eigenvalue weighted by Gasteiger charge is -2.19. The fourth-order valence-electron chi connectivity index (χ4n) is 2.34. The largest absolute Gasteiger partial charge is 0.419 e. The number of nitrogens with zero attached hydrogens (tertiary/aromatic N) is 2. The Balaban J connectivity index is 1.74. The summed E-state index contributed by atoms with van der Waals surface area (Å²) in [5.41, 5.74) is 0.716. The molecule has 1 heterocycles. The summed E-state index contributed by atoms with van der Waals surface area (Å²) >= 11 is 5.59. The highest BCUT2D eigenvalue weighted by atomic mass is 35.5. The average Bonchev–Trinajstić information content (AvgIpc) is 3.16. The molecule has 0 saturated carbocycles. The molecule has 3 aromatic rings. The number of hydrogen-bond acceptors (Lipinski definition) is 3. The Bertz CT molecular complexity index is 941. The summed E-state index contributed by atoms with van der Waals surface area (Å²) in [7, 11) is 1.31. The zero-order valence-corrected chi connectivity index (χ0v) is 14.7. The lowest BCUT2D eigenvalue weighted by Crippen LogP contribution is -2.29. The van der Waals surface area contributed by atoms with E-state index < -0.39 is 22.9 Å². The van der Waals surface area contributed by atoms with Crippen LogP contribution in [-0.4, -0.2) is 23.3 Å². The van der Waals surface area contributed by atoms with Crippen molar-refractivity contribution in [1.82, 2.24) is 10.2 Å². The summed E-state index contributed by atoms with van der Waals surface area (Å²) < 4.78 is 44.1. The third kappa shape index (κ3) is 4.22. The van der Waals surface area contributed by atoms with E-state index in [1.807, 2.05) is 0 Å². The molecule has 0 aliphatic carbocycles. The van der Waals surface area contributed by atoms with Gasteiger partial charge < -0.3 is 4.74 Å². The van der Waals surface area contributed by atoms with Crippen molar-refractivity contribution in [3.05, 3.63) is 65.4 Å². The van der Waals surface area contributed by atoms with Crippen LogP contribution >= 0.6 is 11.6 Å².